The third-order valence-electron chi connectivity index (χ3n) is 6.75. The van der Waals surface area contributed by atoms with Crippen LogP contribution in [-0.2, 0) is 9.47 Å². The zero-order valence-electron chi connectivity index (χ0n) is 14.4. The van der Waals surface area contributed by atoms with Crippen molar-refractivity contribution in [3.05, 3.63) is 29.3 Å². The fourth-order valence-electron chi connectivity index (χ4n) is 5.46. The number of fused-ring (bicyclic) bond motifs is 5. The molecule has 1 saturated heterocycles. The van der Waals surface area contributed by atoms with Crippen LogP contribution >= 0.6 is 0 Å². The minimum atomic E-state index is -0.365. The van der Waals surface area contributed by atoms with Crippen LogP contribution < -0.4 is 9.47 Å². The summed E-state index contributed by atoms with van der Waals surface area (Å²) in [5.74, 6) is 1.94. The molecule has 5 rings (SSSR count). The number of allylic oxidation sites excluding steroid dienone is 1. The Morgan fingerprint density at radius 1 is 1.17 bits per heavy atom. The van der Waals surface area contributed by atoms with Gasteiger partial charge in [0.25, 0.3) is 0 Å². The van der Waals surface area contributed by atoms with E-state index in [1.54, 1.807) is 7.11 Å². The van der Waals surface area contributed by atoms with Gasteiger partial charge in [-0.25, -0.2) is 0 Å². The topological polar surface area (TPSA) is 36.9 Å². The normalized spacial score (nSPS) is 33.0. The molecule has 2 aliphatic carbocycles. The van der Waals surface area contributed by atoms with E-state index in [4.69, 9.17) is 18.9 Å². The highest BCUT2D eigenvalue weighted by atomic mass is 16.7. The van der Waals surface area contributed by atoms with Gasteiger partial charge in [0.1, 0.15) is 18.1 Å². The van der Waals surface area contributed by atoms with Crippen LogP contribution in [0.5, 0.6) is 11.5 Å². The fourth-order valence-corrected chi connectivity index (χ4v) is 5.46. The average Bonchev–Trinajstić information content (AvgIpc) is 3.21. The second-order valence-electron chi connectivity index (χ2n) is 7.61. The first kappa shape index (κ1) is 14.8. The Balaban J connectivity index is 1.57. The summed E-state index contributed by atoms with van der Waals surface area (Å²) in [6.07, 6.45) is 4.31. The van der Waals surface area contributed by atoms with Crippen molar-refractivity contribution in [2.45, 2.75) is 38.4 Å². The molecule has 2 heterocycles. The quantitative estimate of drug-likeness (QED) is 0.786. The maximum absolute atomic E-state index is 6.15. The highest BCUT2D eigenvalue weighted by Gasteiger charge is 2.63. The lowest BCUT2D eigenvalue weighted by atomic mass is 9.63. The second-order valence-corrected chi connectivity index (χ2v) is 7.61. The molecule has 4 nitrogen and oxygen atoms in total. The van der Waals surface area contributed by atoms with E-state index >= 15 is 0 Å². The predicted molar refractivity (Wildman–Crippen MR) is 90.1 cm³/mol. The minimum absolute atomic E-state index is 0.0651. The van der Waals surface area contributed by atoms with Crippen LogP contribution in [0.25, 0.3) is 5.57 Å². The molecular weight excluding hydrogens is 304 g/mol. The van der Waals surface area contributed by atoms with Crippen molar-refractivity contribution in [2.24, 2.45) is 11.3 Å². The van der Waals surface area contributed by atoms with E-state index in [0.29, 0.717) is 12.5 Å². The van der Waals surface area contributed by atoms with Crippen LogP contribution in [0.1, 0.15) is 38.2 Å². The molecule has 0 amide bonds. The van der Waals surface area contributed by atoms with Gasteiger partial charge in [-0.15, -0.1) is 0 Å². The van der Waals surface area contributed by atoms with Crippen molar-refractivity contribution < 1.29 is 18.9 Å². The number of hydrogen-bond donors (Lipinski definition) is 0. The first-order valence-electron chi connectivity index (χ1n) is 8.98. The lowest BCUT2D eigenvalue weighted by Crippen LogP contribution is -2.48. The lowest BCUT2D eigenvalue weighted by molar-refractivity contribution is -0.225. The van der Waals surface area contributed by atoms with Gasteiger partial charge in [0.2, 0.25) is 0 Å². The van der Waals surface area contributed by atoms with Gasteiger partial charge in [0.05, 0.1) is 20.3 Å². The summed E-state index contributed by atoms with van der Waals surface area (Å²) in [7, 11) is 1.70. The van der Waals surface area contributed by atoms with Gasteiger partial charge in [0.15, 0.2) is 5.79 Å². The van der Waals surface area contributed by atoms with Crippen molar-refractivity contribution in [1.29, 1.82) is 0 Å². The molecule has 4 heteroatoms. The maximum Gasteiger partial charge on any atom is 0.174 e. The van der Waals surface area contributed by atoms with E-state index in [0.717, 1.165) is 50.4 Å². The van der Waals surface area contributed by atoms with Gasteiger partial charge >= 0.3 is 0 Å². The summed E-state index contributed by atoms with van der Waals surface area (Å²) >= 11 is 0. The van der Waals surface area contributed by atoms with Gasteiger partial charge in [-0.05, 0) is 48.5 Å². The molecule has 4 aliphatic rings. The molecule has 1 spiro atoms. The SMILES string of the molecule is COc1ccc2c(c1)OCC1=C2CC[C@@]2(C)[C@H]1CCC21OCCO1. The Hall–Kier alpha value is -1.52. The van der Waals surface area contributed by atoms with Crippen LogP contribution in [0.3, 0.4) is 0 Å². The molecule has 1 saturated carbocycles. The molecule has 0 N–H and O–H groups in total. The smallest absolute Gasteiger partial charge is 0.174 e. The zero-order chi connectivity index (χ0) is 16.4. The Kier molecular flexibility index (Phi) is 3.08. The van der Waals surface area contributed by atoms with Crippen molar-refractivity contribution in [1.82, 2.24) is 0 Å². The fraction of sp³-hybridized carbons (Fsp3) is 0.600. The Bertz CT molecular complexity index is 716. The van der Waals surface area contributed by atoms with Crippen molar-refractivity contribution in [3.8, 4) is 11.5 Å². The molecule has 0 radical (unpaired) electrons. The van der Waals surface area contributed by atoms with E-state index in [1.807, 2.05) is 12.1 Å². The number of ether oxygens (including phenoxy) is 4. The highest BCUT2D eigenvalue weighted by Crippen LogP contribution is 2.63. The zero-order valence-corrected chi connectivity index (χ0v) is 14.4. The summed E-state index contributed by atoms with van der Waals surface area (Å²) < 4.78 is 23.8. The standard InChI is InChI=1S/C20H24O4/c1-19-7-5-14-15-4-3-13(21-2)11-18(15)22-12-16(14)17(19)6-8-20(19)23-9-10-24-20/h3-4,11,17H,5-10,12H2,1-2H3/t17-,19-/m0/s1. The van der Waals surface area contributed by atoms with Crippen LogP contribution in [0.15, 0.2) is 23.8 Å². The van der Waals surface area contributed by atoms with E-state index < -0.39 is 0 Å². The number of methoxy groups -OCH3 is 1. The largest absolute Gasteiger partial charge is 0.497 e. The molecular formula is C20H24O4. The van der Waals surface area contributed by atoms with Crippen LogP contribution in [-0.4, -0.2) is 32.7 Å². The van der Waals surface area contributed by atoms with E-state index in [-0.39, 0.29) is 11.2 Å². The Morgan fingerprint density at radius 3 is 2.79 bits per heavy atom. The first-order valence-corrected chi connectivity index (χ1v) is 8.98. The first-order chi connectivity index (χ1) is 11.7. The number of hydrogen-bond acceptors (Lipinski definition) is 4. The summed E-state index contributed by atoms with van der Waals surface area (Å²) in [5.41, 5.74) is 4.26. The molecule has 2 aliphatic heterocycles. The molecule has 0 aromatic heterocycles. The van der Waals surface area contributed by atoms with E-state index in [9.17, 15) is 0 Å². The van der Waals surface area contributed by atoms with Gasteiger partial charge in [-0.3, -0.25) is 0 Å². The monoisotopic (exact) mass is 328 g/mol. The van der Waals surface area contributed by atoms with Gasteiger partial charge in [-0.1, -0.05) is 6.92 Å². The summed E-state index contributed by atoms with van der Waals surface area (Å²) in [4.78, 5) is 0. The molecule has 1 aromatic carbocycles. The molecule has 2 atom stereocenters. The second kappa shape index (κ2) is 4.99. The maximum atomic E-state index is 6.15. The van der Waals surface area contributed by atoms with Gasteiger partial charge in [0, 0.05) is 23.5 Å². The minimum Gasteiger partial charge on any atom is -0.497 e. The molecule has 2 fully saturated rings. The van der Waals surface area contributed by atoms with Crippen molar-refractivity contribution in [2.75, 3.05) is 26.9 Å². The Labute approximate surface area is 142 Å². The summed E-state index contributed by atoms with van der Waals surface area (Å²) in [6, 6.07) is 6.19. The Morgan fingerprint density at radius 2 is 2.00 bits per heavy atom. The van der Waals surface area contributed by atoms with Crippen molar-refractivity contribution >= 4 is 5.57 Å². The number of rotatable bonds is 1. The summed E-state index contributed by atoms with van der Waals surface area (Å²) in [6.45, 7) is 4.51. The molecule has 0 unspecified atom stereocenters. The summed E-state index contributed by atoms with van der Waals surface area (Å²) in [5, 5.41) is 0. The lowest BCUT2D eigenvalue weighted by Gasteiger charge is -2.47. The average molecular weight is 328 g/mol. The highest BCUT2D eigenvalue weighted by molar-refractivity contribution is 5.77. The molecule has 24 heavy (non-hydrogen) atoms. The van der Waals surface area contributed by atoms with E-state index in [2.05, 4.69) is 13.0 Å². The number of benzene rings is 1. The third kappa shape index (κ3) is 1.76. The van der Waals surface area contributed by atoms with Crippen molar-refractivity contribution in [3.63, 3.8) is 0 Å². The van der Waals surface area contributed by atoms with Gasteiger partial charge < -0.3 is 18.9 Å². The predicted octanol–water partition coefficient (Wildman–Crippen LogP) is 3.79. The van der Waals surface area contributed by atoms with Gasteiger partial charge in [-0.2, -0.15) is 0 Å². The van der Waals surface area contributed by atoms with Crippen LogP contribution in [0.2, 0.25) is 0 Å². The third-order valence-corrected chi connectivity index (χ3v) is 6.75. The molecule has 0 bridgehead atoms. The molecule has 128 valence electrons. The molecule has 1 aromatic rings. The van der Waals surface area contributed by atoms with Crippen LogP contribution in [0.4, 0.5) is 0 Å². The van der Waals surface area contributed by atoms with E-state index in [1.165, 1.54) is 16.7 Å². The van der Waals surface area contributed by atoms with Crippen LogP contribution in [0, 0.1) is 11.3 Å².